The second-order valence-electron chi connectivity index (χ2n) is 5.88. The summed E-state index contributed by atoms with van der Waals surface area (Å²) in [4.78, 5) is 12.1. The molecule has 98 valence electrons. The van der Waals surface area contributed by atoms with E-state index in [1.165, 1.54) is 32.8 Å². The predicted molar refractivity (Wildman–Crippen MR) is 67.8 cm³/mol. The van der Waals surface area contributed by atoms with E-state index in [0.717, 1.165) is 31.6 Å². The molecular formula is C14H25NO2. The van der Waals surface area contributed by atoms with Gasteiger partial charge in [0.15, 0.2) is 0 Å². The second-order valence-corrected chi connectivity index (χ2v) is 5.88. The first-order valence-electron chi connectivity index (χ1n) is 7.02. The van der Waals surface area contributed by atoms with Gasteiger partial charge < -0.3 is 4.74 Å². The molecule has 2 aliphatic rings. The highest BCUT2D eigenvalue weighted by atomic mass is 16.5. The van der Waals surface area contributed by atoms with Crippen molar-refractivity contribution in [2.75, 3.05) is 7.11 Å². The van der Waals surface area contributed by atoms with Crippen LogP contribution in [0.25, 0.3) is 0 Å². The molecular weight excluding hydrogens is 214 g/mol. The monoisotopic (exact) mass is 239 g/mol. The van der Waals surface area contributed by atoms with Crippen molar-refractivity contribution in [2.24, 2.45) is 5.92 Å². The average Bonchev–Trinajstić information content (AvgIpc) is 2.84. The lowest BCUT2D eigenvalue weighted by Gasteiger charge is -2.39. The molecule has 0 bridgehead atoms. The molecule has 0 atom stereocenters. The van der Waals surface area contributed by atoms with Gasteiger partial charge in [0.1, 0.15) is 5.54 Å². The van der Waals surface area contributed by atoms with Crippen molar-refractivity contribution in [1.82, 2.24) is 5.32 Å². The fourth-order valence-electron chi connectivity index (χ4n) is 3.32. The Bertz CT molecular complexity index is 263. The third-order valence-corrected chi connectivity index (χ3v) is 4.54. The van der Waals surface area contributed by atoms with Crippen molar-refractivity contribution in [3.8, 4) is 0 Å². The number of methoxy groups -OCH3 is 1. The molecule has 0 aliphatic heterocycles. The quantitative estimate of drug-likeness (QED) is 0.769. The summed E-state index contributed by atoms with van der Waals surface area (Å²) in [7, 11) is 1.51. The van der Waals surface area contributed by atoms with Gasteiger partial charge in [-0.1, -0.05) is 19.8 Å². The molecule has 0 saturated heterocycles. The summed E-state index contributed by atoms with van der Waals surface area (Å²) in [6.45, 7) is 2.27. The van der Waals surface area contributed by atoms with Gasteiger partial charge in [-0.25, -0.2) is 0 Å². The van der Waals surface area contributed by atoms with Gasteiger partial charge in [0.25, 0.3) is 0 Å². The van der Waals surface area contributed by atoms with Crippen LogP contribution in [0.15, 0.2) is 0 Å². The lowest BCUT2D eigenvalue weighted by molar-refractivity contribution is -0.151. The molecule has 1 N–H and O–H groups in total. The van der Waals surface area contributed by atoms with Crippen LogP contribution in [0, 0.1) is 5.92 Å². The Kier molecular flexibility index (Phi) is 4.08. The predicted octanol–water partition coefficient (Wildman–Crippen LogP) is 2.64. The van der Waals surface area contributed by atoms with Crippen LogP contribution >= 0.6 is 0 Å². The molecule has 0 heterocycles. The summed E-state index contributed by atoms with van der Waals surface area (Å²) in [5.41, 5.74) is -0.379. The maximum absolute atomic E-state index is 12.1. The van der Waals surface area contributed by atoms with E-state index >= 15 is 0 Å². The van der Waals surface area contributed by atoms with Gasteiger partial charge in [-0.3, -0.25) is 10.1 Å². The summed E-state index contributed by atoms with van der Waals surface area (Å²) in [6.07, 6.45) is 9.18. The van der Waals surface area contributed by atoms with Crippen molar-refractivity contribution < 1.29 is 9.53 Å². The van der Waals surface area contributed by atoms with E-state index in [2.05, 4.69) is 12.2 Å². The minimum absolute atomic E-state index is 0.0451. The van der Waals surface area contributed by atoms with E-state index in [9.17, 15) is 4.79 Å². The van der Waals surface area contributed by atoms with E-state index in [1.807, 2.05) is 0 Å². The zero-order chi connectivity index (χ0) is 12.3. The number of esters is 1. The minimum atomic E-state index is -0.379. The van der Waals surface area contributed by atoms with Crippen molar-refractivity contribution in [1.29, 1.82) is 0 Å². The Morgan fingerprint density at radius 1 is 1.18 bits per heavy atom. The number of hydrogen-bond donors (Lipinski definition) is 1. The molecule has 0 spiro atoms. The van der Waals surface area contributed by atoms with Crippen LogP contribution in [-0.2, 0) is 9.53 Å². The largest absolute Gasteiger partial charge is 0.468 e. The van der Waals surface area contributed by atoms with E-state index < -0.39 is 0 Å². The standard InChI is InChI=1S/C14H25NO2/c1-11-7-9-14(10-8-11,13(16)17-2)15-12-5-3-4-6-12/h11-12,15H,3-10H2,1-2H3. The first kappa shape index (κ1) is 12.9. The number of nitrogens with one attached hydrogen (secondary N) is 1. The molecule has 2 saturated carbocycles. The molecule has 0 aromatic rings. The van der Waals surface area contributed by atoms with Crippen molar-refractivity contribution in [3.05, 3.63) is 0 Å². The van der Waals surface area contributed by atoms with Gasteiger partial charge >= 0.3 is 5.97 Å². The molecule has 2 rings (SSSR count). The van der Waals surface area contributed by atoms with Gasteiger partial charge in [-0.2, -0.15) is 0 Å². The average molecular weight is 239 g/mol. The number of carbonyl (C=O) groups is 1. The van der Waals surface area contributed by atoms with Gasteiger partial charge in [-0.05, 0) is 44.4 Å². The highest BCUT2D eigenvalue weighted by Crippen LogP contribution is 2.34. The third-order valence-electron chi connectivity index (χ3n) is 4.54. The van der Waals surface area contributed by atoms with Crippen LogP contribution in [-0.4, -0.2) is 24.7 Å². The van der Waals surface area contributed by atoms with E-state index in [0.29, 0.717) is 6.04 Å². The van der Waals surface area contributed by atoms with Gasteiger partial charge in [0.2, 0.25) is 0 Å². The van der Waals surface area contributed by atoms with Crippen molar-refractivity contribution in [2.45, 2.75) is 69.9 Å². The van der Waals surface area contributed by atoms with Crippen LogP contribution in [0.4, 0.5) is 0 Å². The summed E-state index contributed by atoms with van der Waals surface area (Å²) in [5, 5.41) is 3.63. The molecule has 17 heavy (non-hydrogen) atoms. The topological polar surface area (TPSA) is 38.3 Å². The van der Waals surface area contributed by atoms with Crippen LogP contribution in [0.3, 0.4) is 0 Å². The fourth-order valence-corrected chi connectivity index (χ4v) is 3.32. The highest BCUT2D eigenvalue weighted by molar-refractivity contribution is 5.81. The Balaban J connectivity index is 2.03. The van der Waals surface area contributed by atoms with Crippen LogP contribution < -0.4 is 5.32 Å². The highest BCUT2D eigenvalue weighted by Gasteiger charge is 2.43. The maximum Gasteiger partial charge on any atom is 0.326 e. The number of ether oxygens (including phenoxy) is 1. The molecule has 0 aromatic carbocycles. The zero-order valence-electron chi connectivity index (χ0n) is 11.1. The lowest BCUT2D eigenvalue weighted by atomic mass is 9.76. The Labute approximate surface area is 104 Å². The Hall–Kier alpha value is -0.570. The van der Waals surface area contributed by atoms with Crippen LogP contribution in [0.1, 0.15) is 58.3 Å². The van der Waals surface area contributed by atoms with E-state index in [-0.39, 0.29) is 11.5 Å². The van der Waals surface area contributed by atoms with Gasteiger partial charge in [0, 0.05) is 6.04 Å². The first-order chi connectivity index (χ1) is 8.16. The molecule has 0 radical (unpaired) electrons. The molecule has 3 heteroatoms. The molecule has 0 amide bonds. The molecule has 2 fully saturated rings. The normalized spacial score (nSPS) is 34.8. The van der Waals surface area contributed by atoms with Gasteiger partial charge in [0.05, 0.1) is 7.11 Å². The lowest BCUT2D eigenvalue weighted by Crippen LogP contribution is -2.57. The molecule has 0 unspecified atom stereocenters. The van der Waals surface area contributed by atoms with Crippen molar-refractivity contribution in [3.63, 3.8) is 0 Å². The zero-order valence-corrected chi connectivity index (χ0v) is 11.1. The van der Waals surface area contributed by atoms with Crippen molar-refractivity contribution >= 4 is 5.97 Å². The molecule has 0 aromatic heterocycles. The number of rotatable bonds is 3. The minimum Gasteiger partial charge on any atom is -0.468 e. The first-order valence-corrected chi connectivity index (χ1v) is 7.02. The number of hydrogen-bond acceptors (Lipinski definition) is 3. The third kappa shape index (κ3) is 2.82. The van der Waals surface area contributed by atoms with E-state index in [4.69, 9.17) is 4.74 Å². The van der Waals surface area contributed by atoms with Crippen LogP contribution in [0.2, 0.25) is 0 Å². The summed E-state index contributed by atoms with van der Waals surface area (Å²) < 4.78 is 5.04. The Morgan fingerprint density at radius 2 is 1.76 bits per heavy atom. The second kappa shape index (κ2) is 5.38. The summed E-state index contributed by atoms with van der Waals surface area (Å²) >= 11 is 0. The SMILES string of the molecule is COC(=O)C1(NC2CCCC2)CCC(C)CC1. The molecule has 2 aliphatic carbocycles. The number of carbonyl (C=O) groups excluding carboxylic acids is 1. The van der Waals surface area contributed by atoms with Gasteiger partial charge in [-0.15, -0.1) is 0 Å². The molecule has 3 nitrogen and oxygen atoms in total. The summed E-state index contributed by atoms with van der Waals surface area (Å²) in [6, 6.07) is 0.530. The van der Waals surface area contributed by atoms with Crippen LogP contribution in [0.5, 0.6) is 0 Å². The smallest absolute Gasteiger partial charge is 0.326 e. The fraction of sp³-hybridized carbons (Fsp3) is 0.929. The summed E-state index contributed by atoms with van der Waals surface area (Å²) in [5.74, 6) is 0.703. The Morgan fingerprint density at radius 3 is 2.29 bits per heavy atom. The maximum atomic E-state index is 12.1. The van der Waals surface area contributed by atoms with E-state index in [1.54, 1.807) is 0 Å².